The summed E-state index contributed by atoms with van der Waals surface area (Å²) in [6.45, 7) is 6.10. The van der Waals surface area contributed by atoms with Gasteiger partial charge in [0.05, 0.1) is 34.3 Å². The SMILES string of the molecule is COc1cc(C)c(-c2nc3ccccc3c(=O)n2N=Cc2cc(Cl)c(O)c(Cl)c2)cc1C(C)C. The second kappa shape index (κ2) is 9.49. The fourth-order valence-corrected chi connectivity index (χ4v) is 4.26. The monoisotopic (exact) mass is 495 g/mol. The molecule has 0 atom stereocenters. The highest BCUT2D eigenvalue weighted by atomic mass is 35.5. The third-order valence-electron chi connectivity index (χ3n) is 5.55. The van der Waals surface area contributed by atoms with Crippen molar-refractivity contribution in [1.82, 2.24) is 9.66 Å². The number of ether oxygens (including phenoxy) is 1. The summed E-state index contributed by atoms with van der Waals surface area (Å²) in [4.78, 5) is 18.3. The van der Waals surface area contributed by atoms with E-state index in [0.29, 0.717) is 22.3 Å². The molecule has 1 N–H and O–H groups in total. The van der Waals surface area contributed by atoms with Crippen LogP contribution in [0, 0.1) is 6.92 Å². The fraction of sp³-hybridized carbons (Fsp3) is 0.192. The van der Waals surface area contributed by atoms with E-state index in [1.165, 1.54) is 23.0 Å². The number of fused-ring (bicyclic) bond motifs is 1. The Labute approximate surface area is 207 Å². The second-order valence-electron chi connectivity index (χ2n) is 8.21. The van der Waals surface area contributed by atoms with Gasteiger partial charge in [-0.15, -0.1) is 0 Å². The van der Waals surface area contributed by atoms with E-state index in [9.17, 15) is 9.90 Å². The van der Waals surface area contributed by atoms with Gasteiger partial charge in [0.15, 0.2) is 11.6 Å². The van der Waals surface area contributed by atoms with Gasteiger partial charge in [-0.2, -0.15) is 9.78 Å². The molecule has 4 aromatic rings. The quantitative estimate of drug-likeness (QED) is 0.325. The molecule has 8 heteroatoms. The van der Waals surface area contributed by atoms with Crippen LogP contribution in [-0.2, 0) is 0 Å². The number of nitrogens with zero attached hydrogens (tertiary/aromatic N) is 3. The van der Waals surface area contributed by atoms with Crippen LogP contribution in [0.25, 0.3) is 22.3 Å². The number of hydrogen-bond donors (Lipinski definition) is 1. The molecule has 0 amide bonds. The Morgan fingerprint density at radius 3 is 2.44 bits per heavy atom. The molecule has 0 aliphatic rings. The summed E-state index contributed by atoms with van der Waals surface area (Å²) in [5.41, 5.74) is 3.45. The average Bonchev–Trinajstić information content (AvgIpc) is 2.81. The molecule has 34 heavy (non-hydrogen) atoms. The van der Waals surface area contributed by atoms with E-state index in [1.54, 1.807) is 25.3 Å². The predicted octanol–water partition coefficient (Wildman–Crippen LogP) is 6.40. The minimum Gasteiger partial charge on any atom is -0.505 e. The van der Waals surface area contributed by atoms with Crippen molar-refractivity contribution >= 4 is 40.3 Å². The van der Waals surface area contributed by atoms with Crippen LogP contribution in [0.15, 0.2) is 58.4 Å². The van der Waals surface area contributed by atoms with E-state index in [0.717, 1.165) is 22.4 Å². The summed E-state index contributed by atoms with van der Waals surface area (Å²) in [6, 6.07) is 14.1. The van der Waals surface area contributed by atoms with E-state index < -0.39 is 0 Å². The Kier molecular flexibility index (Phi) is 6.64. The highest BCUT2D eigenvalue weighted by Crippen LogP contribution is 2.34. The van der Waals surface area contributed by atoms with Crippen molar-refractivity contribution in [2.45, 2.75) is 26.7 Å². The number of para-hydroxylation sites is 1. The number of hydrogen-bond acceptors (Lipinski definition) is 5. The molecule has 174 valence electrons. The van der Waals surface area contributed by atoms with Gasteiger partial charge >= 0.3 is 0 Å². The molecule has 0 aliphatic heterocycles. The molecule has 1 heterocycles. The molecule has 0 unspecified atom stereocenters. The molecule has 0 saturated carbocycles. The Bertz CT molecular complexity index is 1470. The number of aromatic nitrogens is 2. The van der Waals surface area contributed by atoms with Crippen LogP contribution >= 0.6 is 23.2 Å². The first-order valence-corrected chi connectivity index (χ1v) is 11.4. The average molecular weight is 496 g/mol. The van der Waals surface area contributed by atoms with Crippen LogP contribution in [0.1, 0.15) is 36.5 Å². The van der Waals surface area contributed by atoms with Gasteiger partial charge in [0.2, 0.25) is 0 Å². The molecule has 4 rings (SSSR count). The minimum absolute atomic E-state index is 0.0886. The molecule has 6 nitrogen and oxygen atoms in total. The standard InChI is InChI=1S/C26H23Cl2N3O3/c1-14(2)18-12-19(15(3)9-23(18)34-4)25-30-22-8-6-5-7-17(22)26(33)31(25)29-13-16-10-20(27)24(32)21(28)11-16/h5-14,32H,1-4H3. The summed E-state index contributed by atoms with van der Waals surface area (Å²) in [7, 11) is 1.64. The van der Waals surface area contributed by atoms with E-state index in [2.05, 4.69) is 18.9 Å². The summed E-state index contributed by atoms with van der Waals surface area (Å²) in [6.07, 6.45) is 1.46. The van der Waals surface area contributed by atoms with Crippen molar-refractivity contribution in [1.29, 1.82) is 0 Å². The normalized spacial score (nSPS) is 11.6. The van der Waals surface area contributed by atoms with Gasteiger partial charge in [-0.05, 0) is 65.9 Å². The molecule has 0 fully saturated rings. The van der Waals surface area contributed by atoms with Crippen molar-refractivity contribution in [2.24, 2.45) is 5.10 Å². The Balaban J connectivity index is 1.99. The van der Waals surface area contributed by atoms with Gasteiger partial charge in [-0.25, -0.2) is 4.98 Å². The number of rotatable bonds is 5. The lowest BCUT2D eigenvalue weighted by atomic mass is 9.96. The first-order chi connectivity index (χ1) is 16.2. The molecule has 0 radical (unpaired) electrons. The van der Waals surface area contributed by atoms with Crippen LogP contribution in [0.3, 0.4) is 0 Å². The number of methoxy groups -OCH3 is 1. The zero-order valence-corrected chi connectivity index (χ0v) is 20.6. The number of phenolic OH excluding ortho intramolecular Hbond substituents is 1. The smallest absolute Gasteiger partial charge is 0.282 e. The van der Waals surface area contributed by atoms with Crippen LogP contribution in [-0.4, -0.2) is 28.1 Å². The van der Waals surface area contributed by atoms with Crippen molar-refractivity contribution < 1.29 is 9.84 Å². The van der Waals surface area contributed by atoms with Gasteiger partial charge in [0.25, 0.3) is 5.56 Å². The Hall–Kier alpha value is -3.35. The van der Waals surface area contributed by atoms with E-state index in [4.69, 9.17) is 32.9 Å². The van der Waals surface area contributed by atoms with Gasteiger partial charge in [0.1, 0.15) is 5.75 Å². The third-order valence-corrected chi connectivity index (χ3v) is 6.13. The zero-order chi connectivity index (χ0) is 24.6. The van der Waals surface area contributed by atoms with Crippen molar-refractivity contribution in [3.8, 4) is 22.9 Å². The second-order valence-corrected chi connectivity index (χ2v) is 9.03. The maximum atomic E-state index is 13.5. The minimum atomic E-state index is -0.311. The summed E-state index contributed by atoms with van der Waals surface area (Å²) in [5, 5.41) is 14.9. The number of aromatic hydroxyl groups is 1. The molecular formula is C26H23Cl2N3O3. The maximum Gasteiger partial charge on any atom is 0.282 e. The molecule has 0 spiro atoms. The fourth-order valence-electron chi connectivity index (χ4n) is 3.76. The van der Waals surface area contributed by atoms with E-state index >= 15 is 0 Å². The molecule has 3 aromatic carbocycles. The van der Waals surface area contributed by atoms with Crippen molar-refractivity contribution in [2.75, 3.05) is 7.11 Å². The summed E-state index contributed by atoms with van der Waals surface area (Å²) >= 11 is 12.1. The van der Waals surface area contributed by atoms with Gasteiger partial charge < -0.3 is 9.84 Å². The van der Waals surface area contributed by atoms with Crippen LogP contribution < -0.4 is 10.3 Å². The molecule has 0 saturated heterocycles. The number of benzene rings is 3. The number of halogens is 2. The number of phenols is 1. The lowest BCUT2D eigenvalue weighted by Gasteiger charge is -2.17. The molecule has 0 aliphatic carbocycles. The van der Waals surface area contributed by atoms with Gasteiger partial charge in [-0.3, -0.25) is 4.79 Å². The van der Waals surface area contributed by atoms with E-state index in [-0.39, 0.29) is 27.3 Å². The van der Waals surface area contributed by atoms with Crippen LogP contribution in [0.5, 0.6) is 11.5 Å². The first-order valence-electron chi connectivity index (χ1n) is 10.6. The topological polar surface area (TPSA) is 76.7 Å². The van der Waals surface area contributed by atoms with E-state index in [1.807, 2.05) is 25.1 Å². The lowest BCUT2D eigenvalue weighted by Crippen LogP contribution is -2.20. The lowest BCUT2D eigenvalue weighted by molar-refractivity contribution is 0.407. The Morgan fingerprint density at radius 2 is 1.79 bits per heavy atom. The zero-order valence-electron chi connectivity index (χ0n) is 19.1. The summed E-state index contributed by atoms with van der Waals surface area (Å²) < 4.78 is 6.85. The maximum absolute atomic E-state index is 13.5. The first kappa shape index (κ1) is 23.8. The molecule has 1 aromatic heterocycles. The molecular weight excluding hydrogens is 473 g/mol. The Morgan fingerprint density at radius 1 is 1.12 bits per heavy atom. The van der Waals surface area contributed by atoms with Crippen LogP contribution in [0.2, 0.25) is 10.0 Å². The largest absolute Gasteiger partial charge is 0.505 e. The van der Waals surface area contributed by atoms with Crippen molar-refractivity contribution in [3.63, 3.8) is 0 Å². The highest BCUT2D eigenvalue weighted by Gasteiger charge is 2.18. The summed E-state index contributed by atoms with van der Waals surface area (Å²) in [5.74, 6) is 1.17. The third kappa shape index (κ3) is 4.39. The van der Waals surface area contributed by atoms with Crippen LogP contribution in [0.4, 0.5) is 0 Å². The molecule has 0 bridgehead atoms. The van der Waals surface area contributed by atoms with Crippen molar-refractivity contribution in [3.05, 3.63) is 85.6 Å². The highest BCUT2D eigenvalue weighted by molar-refractivity contribution is 6.37. The van der Waals surface area contributed by atoms with Gasteiger partial charge in [0, 0.05) is 5.56 Å². The number of aryl methyl sites for hydroxylation is 1. The predicted molar refractivity (Wildman–Crippen MR) is 138 cm³/mol. The van der Waals surface area contributed by atoms with Gasteiger partial charge in [-0.1, -0.05) is 49.2 Å².